The minimum atomic E-state index is -0.967. The number of benzene rings is 3. The summed E-state index contributed by atoms with van der Waals surface area (Å²) in [7, 11) is 0. The van der Waals surface area contributed by atoms with E-state index >= 15 is 0 Å². The molecule has 2 N–H and O–H groups in total. The van der Waals surface area contributed by atoms with Gasteiger partial charge >= 0.3 is 5.97 Å². The van der Waals surface area contributed by atoms with Crippen LogP contribution in [-0.2, 0) is 5.75 Å². The number of aryl methyl sites for hydroxylation is 1. The van der Waals surface area contributed by atoms with E-state index < -0.39 is 11.9 Å². The zero-order valence-corrected chi connectivity index (χ0v) is 19.1. The predicted molar refractivity (Wildman–Crippen MR) is 128 cm³/mol. The molecule has 8 heteroatoms. The number of anilines is 1. The maximum atomic E-state index is 12.8. The summed E-state index contributed by atoms with van der Waals surface area (Å²) in [6.07, 6.45) is 0. The highest BCUT2D eigenvalue weighted by atomic mass is 35.5. The molecule has 1 amide bonds. The first kappa shape index (κ1) is 22.3. The third-order valence-corrected chi connectivity index (χ3v) is 6.68. The standard InChI is InChI=1S/C24H17Cl2NO4S/c1-13-16(12-32-20-11-3-2-6-15(20)24(29)30)14-7-4-10-19(22(14)31-13)27-23(28)21-17(25)8-5-9-18(21)26/h2-11H,12H2,1H3,(H,27,28)(H,29,30). The lowest BCUT2D eigenvalue weighted by Crippen LogP contribution is -2.13. The van der Waals surface area contributed by atoms with Crippen molar-refractivity contribution in [2.75, 3.05) is 5.32 Å². The number of carbonyl (C=O) groups is 2. The van der Waals surface area contributed by atoms with E-state index in [1.165, 1.54) is 11.8 Å². The molecule has 0 fully saturated rings. The number of furan rings is 1. The van der Waals surface area contributed by atoms with Crippen molar-refractivity contribution in [2.24, 2.45) is 0 Å². The van der Waals surface area contributed by atoms with Crippen LogP contribution in [0.1, 0.15) is 32.0 Å². The molecule has 0 aliphatic heterocycles. The number of hydrogen-bond donors (Lipinski definition) is 2. The summed E-state index contributed by atoms with van der Waals surface area (Å²) in [6, 6.07) is 17.2. The molecule has 0 saturated heterocycles. The minimum Gasteiger partial charge on any atom is -0.478 e. The summed E-state index contributed by atoms with van der Waals surface area (Å²) in [5.41, 5.74) is 2.40. The Labute approximate surface area is 198 Å². The highest BCUT2D eigenvalue weighted by Crippen LogP contribution is 2.36. The van der Waals surface area contributed by atoms with Gasteiger partial charge in [0.2, 0.25) is 0 Å². The van der Waals surface area contributed by atoms with Crippen molar-refractivity contribution < 1.29 is 19.1 Å². The van der Waals surface area contributed by atoms with Gasteiger partial charge in [0.1, 0.15) is 5.76 Å². The maximum absolute atomic E-state index is 12.8. The maximum Gasteiger partial charge on any atom is 0.336 e. The van der Waals surface area contributed by atoms with Gasteiger partial charge in [0.05, 0.1) is 26.9 Å². The number of amides is 1. The van der Waals surface area contributed by atoms with Gasteiger partial charge in [-0.2, -0.15) is 0 Å². The first-order valence-electron chi connectivity index (χ1n) is 9.58. The van der Waals surface area contributed by atoms with Gasteiger partial charge in [-0.25, -0.2) is 4.79 Å². The molecule has 0 bridgehead atoms. The number of para-hydroxylation sites is 1. The molecule has 1 aromatic heterocycles. The Kier molecular flexibility index (Phi) is 6.46. The molecule has 4 rings (SSSR count). The van der Waals surface area contributed by atoms with Crippen LogP contribution in [0.25, 0.3) is 11.0 Å². The van der Waals surface area contributed by atoms with Gasteiger partial charge in [-0.15, -0.1) is 11.8 Å². The minimum absolute atomic E-state index is 0.192. The molecule has 0 radical (unpaired) electrons. The zero-order valence-electron chi connectivity index (χ0n) is 16.8. The van der Waals surface area contributed by atoms with Crippen molar-refractivity contribution in [1.82, 2.24) is 0 Å². The SMILES string of the molecule is Cc1oc2c(NC(=O)c3c(Cl)cccc3Cl)cccc2c1CSc1ccccc1C(=O)O. The highest BCUT2D eigenvalue weighted by molar-refractivity contribution is 7.98. The zero-order chi connectivity index (χ0) is 22.8. The second-order valence-corrected chi connectivity index (χ2v) is 8.79. The van der Waals surface area contributed by atoms with E-state index in [1.54, 1.807) is 42.5 Å². The fourth-order valence-corrected chi connectivity index (χ4v) is 5.10. The van der Waals surface area contributed by atoms with Crippen LogP contribution < -0.4 is 5.32 Å². The predicted octanol–water partition coefficient (Wildman–Crippen LogP) is 7.29. The number of carboxylic acids is 1. The number of rotatable bonds is 6. The van der Waals surface area contributed by atoms with Crippen LogP contribution in [0.4, 0.5) is 5.69 Å². The third-order valence-electron chi connectivity index (χ3n) is 4.95. The molecule has 1 heterocycles. The van der Waals surface area contributed by atoms with Crippen LogP contribution in [0.3, 0.4) is 0 Å². The lowest BCUT2D eigenvalue weighted by Gasteiger charge is -2.09. The molecule has 162 valence electrons. The molecule has 3 aromatic carbocycles. The number of aromatic carboxylic acids is 1. The number of hydrogen-bond acceptors (Lipinski definition) is 4. The van der Waals surface area contributed by atoms with Crippen molar-refractivity contribution in [1.29, 1.82) is 0 Å². The van der Waals surface area contributed by atoms with E-state index in [9.17, 15) is 14.7 Å². The van der Waals surface area contributed by atoms with Gasteiger partial charge in [-0.05, 0) is 37.3 Å². The van der Waals surface area contributed by atoms with Crippen LogP contribution in [0.15, 0.2) is 70.0 Å². The highest BCUT2D eigenvalue weighted by Gasteiger charge is 2.19. The van der Waals surface area contributed by atoms with E-state index in [4.69, 9.17) is 27.6 Å². The van der Waals surface area contributed by atoms with Crippen LogP contribution in [0, 0.1) is 6.92 Å². The smallest absolute Gasteiger partial charge is 0.336 e. The number of carbonyl (C=O) groups excluding carboxylic acids is 1. The average Bonchev–Trinajstić information content (AvgIpc) is 3.08. The third kappa shape index (κ3) is 4.35. The Hall–Kier alpha value is -2.93. The second-order valence-electron chi connectivity index (χ2n) is 6.96. The van der Waals surface area contributed by atoms with Crippen LogP contribution in [-0.4, -0.2) is 17.0 Å². The van der Waals surface area contributed by atoms with Gasteiger partial charge in [-0.3, -0.25) is 4.79 Å². The van der Waals surface area contributed by atoms with Crippen molar-refractivity contribution in [2.45, 2.75) is 17.6 Å². The molecule has 0 aliphatic carbocycles. The summed E-state index contributed by atoms with van der Waals surface area (Å²) in [4.78, 5) is 25.0. The monoisotopic (exact) mass is 485 g/mol. The number of nitrogens with one attached hydrogen (secondary N) is 1. The Balaban J connectivity index is 1.64. The van der Waals surface area contributed by atoms with Crippen molar-refractivity contribution in [3.8, 4) is 0 Å². The van der Waals surface area contributed by atoms with E-state index in [2.05, 4.69) is 5.32 Å². The number of halogens is 2. The van der Waals surface area contributed by atoms with E-state index in [0.29, 0.717) is 27.7 Å². The molecule has 4 aromatic rings. The van der Waals surface area contributed by atoms with E-state index in [1.807, 2.05) is 25.1 Å². The van der Waals surface area contributed by atoms with Crippen molar-refractivity contribution in [3.05, 3.63) is 93.2 Å². The van der Waals surface area contributed by atoms with E-state index in [0.717, 1.165) is 10.9 Å². The molecule has 32 heavy (non-hydrogen) atoms. The first-order chi connectivity index (χ1) is 15.4. The fourth-order valence-electron chi connectivity index (χ4n) is 3.39. The summed E-state index contributed by atoms with van der Waals surface area (Å²) in [6.45, 7) is 1.84. The quantitative estimate of drug-likeness (QED) is 0.280. The van der Waals surface area contributed by atoms with Crippen LogP contribution in [0.2, 0.25) is 10.0 Å². The Morgan fingerprint density at radius 2 is 1.69 bits per heavy atom. The largest absolute Gasteiger partial charge is 0.478 e. The molecule has 0 unspecified atom stereocenters. The lowest BCUT2D eigenvalue weighted by atomic mass is 10.1. The number of fused-ring (bicyclic) bond motifs is 1. The topological polar surface area (TPSA) is 79.5 Å². The summed E-state index contributed by atoms with van der Waals surface area (Å²) >= 11 is 13.7. The fraction of sp³-hybridized carbons (Fsp3) is 0.0833. The van der Waals surface area contributed by atoms with Crippen molar-refractivity contribution in [3.63, 3.8) is 0 Å². The summed E-state index contributed by atoms with van der Waals surface area (Å²) in [5.74, 6) is -0.201. The molecular weight excluding hydrogens is 469 g/mol. The van der Waals surface area contributed by atoms with Gasteiger partial charge in [0, 0.05) is 21.6 Å². The average molecular weight is 486 g/mol. The molecule has 0 atom stereocenters. The van der Waals surface area contributed by atoms with Crippen LogP contribution in [0.5, 0.6) is 0 Å². The number of carboxylic acid groups (broad SMARTS) is 1. The Morgan fingerprint density at radius 1 is 1.00 bits per heavy atom. The Bertz CT molecular complexity index is 1330. The lowest BCUT2D eigenvalue weighted by molar-refractivity contribution is 0.0693. The van der Waals surface area contributed by atoms with Gasteiger partial charge in [-0.1, -0.05) is 53.5 Å². The van der Waals surface area contributed by atoms with Gasteiger partial charge in [0.25, 0.3) is 5.91 Å². The Morgan fingerprint density at radius 3 is 2.41 bits per heavy atom. The number of thioether (sulfide) groups is 1. The molecule has 5 nitrogen and oxygen atoms in total. The van der Waals surface area contributed by atoms with E-state index in [-0.39, 0.29) is 21.2 Å². The van der Waals surface area contributed by atoms with Gasteiger partial charge < -0.3 is 14.8 Å². The second kappa shape index (κ2) is 9.28. The molecule has 0 aliphatic rings. The first-order valence-corrected chi connectivity index (χ1v) is 11.3. The molecule has 0 saturated carbocycles. The molecule has 0 spiro atoms. The normalized spacial score (nSPS) is 11.0. The summed E-state index contributed by atoms with van der Waals surface area (Å²) < 4.78 is 5.98. The molecular formula is C24H17Cl2NO4S. The van der Waals surface area contributed by atoms with Crippen LogP contribution >= 0.6 is 35.0 Å². The van der Waals surface area contributed by atoms with Gasteiger partial charge in [0.15, 0.2) is 5.58 Å². The van der Waals surface area contributed by atoms with Crippen molar-refractivity contribution >= 4 is 63.5 Å². The summed E-state index contributed by atoms with van der Waals surface area (Å²) in [5, 5.41) is 13.6.